The summed E-state index contributed by atoms with van der Waals surface area (Å²) in [6.45, 7) is 4.57. The molecule has 3 heterocycles. The fraction of sp³-hybridized carbons (Fsp3) is 0.0667. The maximum Gasteiger partial charge on any atom is 0.165 e. The van der Waals surface area contributed by atoms with Gasteiger partial charge in [-0.3, -0.25) is 4.57 Å². The first-order valence-corrected chi connectivity index (χ1v) is 17.7. The summed E-state index contributed by atoms with van der Waals surface area (Å²) < 4.78 is 4.99. The zero-order chi connectivity index (χ0) is 32.4. The largest absolute Gasteiger partial charge is 0.291 e. The molecule has 0 N–H and O–H groups in total. The lowest BCUT2D eigenvalue weighted by Gasteiger charge is -2.21. The Labute approximate surface area is 286 Å². The minimum absolute atomic E-state index is 0.283. The van der Waals surface area contributed by atoms with E-state index in [1.54, 1.807) is 0 Å². The van der Waals surface area contributed by atoms with Gasteiger partial charge in [0.25, 0.3) is 0 Å². The number of aromatic nitrogens is 3. The molecule has 0 saturated heterocycles. The molecule has 0 unspecified atom stereocenters. The van der Waals surface area contributed by atoms with Crippen LogP contribution in [0.15, 0.2) is 140 Å². The van der Waals surface area contributed by atoms with Gasteiger partial charge in [-0.15, -0.1) is 11.3 Å². The van der Waals surface area contributed by atoms with Crippen molar-refractivity contribution in [2.24, 2.45) is 0 Å². The summed E-state index contributed by atoms with van der Waals surface area (Å²) in [6.07, 6.45) is 0. The molecule has 1 aliphatic rings. The molecule has 1 aliphatic carbocycles. The summed E-state index contributed by atoms with van der Waals surface area (Å²) in [7, 11) is 0. The van der Waals surface area contributed by atoms with Gasteiger partial charge < -0.3 is 0 Å². The number of nitrogens with zero attached hydrogens (tertiary/aromatic N) is 3. The average Bonchev–Trinajstić information content (AvgIpc) is 3.75. The van der Waals surface area contributed by atoms with Crippen molar-refractivity contribution in [3.05, 3.63) is 151 Å². The Kier molecular flexibility index (Phi) is 5.33. The van der Waals surface area contributed by atoms with Crippen LogP contribution in [0.2, 0.25) is 0 Å². The van der Waals surface area contributed by atoms with Crippen LogP contribution in [0, 0.1) is 0 Å². The molecule has 49 heavy (non-hydrogen) atoms. The quantitative estimate of drug-likeness (QED) is 0.188. The highest BCUT2D eigenvalue weighted by atomic mass is 32.1. The highest BCUT2D eigenvalue weighted by Gasteiger charge is 2.39. The molecule has 4 heteroatoms. The smallest absolute Gasteiger partial charge is 0.165 e. The summed E-state index contributed by atoms with van der Waals surface area (Å²) >= 11 is 1.84. The Hall–Kier alpha value is -5.84. The van der Waals surface area contributed by atoms with Gasteiger partial charge in [0.1, 0.15) is 5.69 Å². The monoisotopic (exact) mass is 643 g/mol. The second kappa shape index (κ2) is 9.62. The molecular weight excluding hydrogens is 615 g/mol. The predicted octanol–water partition coefficient (Wildman–Crippen LogP) is 12.2. The number of hydrogen-bond acceptors (Lipinski definition) is 3. The lowest BCUT2D eigenvalue weighted by atomic mass is 9.85. The summed E-state index contributed by atoms with van der Waals surface area (Å²) in [4.78, 5) is 11.4. The number of benzene rings is 7. The van der Waals surface area contributed by atoms with E-state index < -0.39 is 0 Å². The van der Waals surface area contributed by atoms with Crippen LogP contribution in [0.4, 0.5) is 0 Å². The van der Waals surface area contributed by atoms with E-state index in [2.05, 4.69) is 158 Å². The second-order valence-corrected chi connectivity index (χ2v) is 14.9. The molecule has 0 radical (unpaired) electrons. The number of fused-ring (bicyclic) bond motifs is 12. The van der Waals surface area contributed by atoms with E-state index in [0.717, 1.165) is 45.1 Å². The molecule has 0 bridgehead atoms. The van der Waals surface area contributed by atoms with Crippen molar-refractivity contribution in [1.29, 1.82) is 0 Å². The topological polar surface area (TPSA) is 30.7 Å². The third-order valence-electron chi connectivity index (χ3n) is 10.7. The first kappa shape index (κ1) is 27.1. The molecule has 0 atom stereocenters. The number of hydrogen-bond donors (Lipinski definition) is 0. The fourth-order valence-electron chi connectivity index (χ4n) is 8.32. The molecule has 7 aromatic carbocycles. The third-order valence-corrected chi connectivity index (χ3v) is 11.9. The van der Waals surface area contributed by atoms with Gasteiger partial charge >= 0.3 is 0 Å². The first-order chi connectivity index (χ1) is 24.0. The molecule has 10 aromatic rings. The fourth-order valence-corrected chi connectivity index (χ4v) is 9.40. The van der Waals surface area contributed by atoms with Crippen molar-refractivity contribution >= 4 is 74.9 Å². The Morgan fingerprint density at radius 2 is 1.24 bits per heavy atom. The van der Waals surface area contributed by atoms with E-state index in [9.17, 15) is 0 Å². The maximum absolute atomic E-state index is 5.73. The van der Waals surface area contributed by atoms with Crippen LogP contribution < -0.4 is 0 Å². The van der Waals surface area contributed by atoms with Crippen LogP contribution in [0.1, 0.15) is 25.1 Å². The van der Waals surface area contributed by atoms with Gasteiger partial charge in [-0.25, -0.2) is 9.97 Å². The minimum atomic E-state index is -0.283. The van der Waals surface area contributed by atoms with Gasteiger partial charge in [0, 0.05) is 52.9 Å². The molecule has 0 fully saturated rings. The van der Waals surface area contributed by atoms with Crippen LogP contribution in [-0.4, -0.2) is 14.5 Å². The first-order valence-electron chi connectivity index (χ1n) is 16.8. The summed E-state index contributed by atoms with van der Waals surface area (Å²) in [5.41, 5.74) is 8.41. The average molecular weight is 644 g/mol. The van der Waals surface area contributed by atoms with E-state index in [-0.39, 0.29) is 5.41 Å². The number of thiophene rings is 1. The molecule has 0 amide bonds. The van der Waals surface area contributed by atoms with Crippen LogP contribution in [0.5, 0.6) is 0 Å². The highest BCUT2D eigenvalue weighted by Crippen LogP contribution is 2.49. The van der Waals surface area contributed by atoms with Gasteiger partial charge in [-0.05, 0) is 52.1 Å². The second-order valence-electron chi connectivity index (χ2n) is 13.8. The van der Waals surface area contributed by atoms with Gasteiger partial charge in [0.15, 0.2) is 5.82 Å². The zero-order valence-electron chi connectivity index (χ0n) is 27.0. The Morgan fingerprint density at radius 1 is 0.531 bits per heavy atom. The molecule has 0 saturated carbocycles. The molecule has 3 nitrogen and oxygen atoms in total. The van der Waals surface area contributed by atoms with E-state index in [0.29, 0.717) is 0 Å². The minimum Gasteiger partial charge on any atom is -0.291 e. The SMILES string of the molecule is CC1(C)c2ccccc2-c2nc(-n3c4cc5ccccc5cc4c4ccc5ccccc5c43)c(-c3ccc4sc5ccccc5c4c3)nc21. The van der Waals surface area contributed by atoms with Crippen LogP contribution in [0.3, 0.4) is 0 Å². The zero-order valence-corrected chi connectivity index (χ0v) is 27.8. The van der Waals surface area contributed by atoms with Crippen molar-refractivity contribution in [2.75, 3.05) is 0 Å². The van der Waals surface area contributed by atoms with Crippen LogP contribution in [0.25, 0.3) is 91.9 Å². The highest BCUT2D eigenvalue weighted by molar-refractivity contribution is 7.25. The summed E-state index contributed by atoms with van der Waals surface area (Å²) in [5, 5.41) is 9.81. The normalized spacial score (nSPS) is 13.7. The van der Waals surface area contributed by atoms with Crippen LogP contribution >= 0.6 is 11.3 Å². The van der Waals surface area contributed by atoms with E-state index in [1.165, 1.54) is 58.1 Å². The predicted molar refractivity (Wildman–Crippen MR) is 207 cm³/mol. The van der Waals surface area contributed by atoms with Gasteiger partial charge in [0.2, 0.25) is 0 Å². The van der Waals surface area contributed by atoms with Crippen molar-refractivity contribution in [3.8, 4) is 28.3 Å². The molecule has 230 valence electrons. The molecular formula is C45H29N3S. The van der Waals surface area contributed by atoms with Crippen molar-refractivity contribution in [2.45, 2.75) is 19.3 Å². The Balaban J connectivity index is 1.33. The molecule has 0 spiro atoms. The van der Waals surface area contributed by atoms with E-state index >= 15 is 0 Å². The maximum atomic E-state index is 5.73. The van der Waals surface area contributed by atoms with E-state index in [4.69, 9.17) is 9.97 Å². The van der Waals surface area contributed by atoms with Crippen molar-refractivity contribution in [1.82, 2.24) is 14.5 Å². The lowest BCUT2D eigenvalue weighted by Crippen LogP contribution is -2.18. The Bertz CT molecular complexity index is 3030. The van der Waals surface area contributed by atoms with Crippen LogP contribution in [-0.2, 0) is 5.41 Å². The van der Waals surface area contributed by atoms with Gasteiger partial charge in [-0.1, -0.05) is 123 Å². The lowest BCUT2D eigenvalue weighted by molar-refractivity contribution is 0.635. The molecule has 3 aromatic heterocycles. The van der Waals surface area contributed by atoms with Gasteiger partial charge in [-0.2, -0.15) is 0 Å². The summed E-state index contributed by atoms with van der Waals surface area (Å²) in [5.74, 6) is 0.858. The standard InChI is InChI=1S/C45H29N3S/c1-45(2)36-17-9-7-16-33(36)41-43(45)46-40(29-20-22-39-35(24-29)31-15-8-10-18-38(31)49-39)44(47-41)48-37-25-28-13-4-3-12-27(28)23-34(37)32-21-19-26-11-5-6-14-30(26)42(32)48/h3-25H,1-2H3. The van der Waals surface area contributed by atoms with Crippen molar-refractivity contribution in [3.63, 3.8) is 0 Å². The number of rotatable bonds is 2. The molecule has 0 aliphatic heterocycles. The molecule has 11 rings (SSSR count). The van der Waals surface area contributed by atoms with Gasteiger partial charge in [0.05, 0.1) is 22.4 Å². The third kappa shape index (κ3) is 3.67. The summed E-state index contributed by atoms with van der Waals surface area (Å²) in [6, 6.07) is 50.8. The van der Waals surface area contributed by atoms with E-state index in [1.807, 2.05) is 11.3 Å². The van der Waals surface area contributed by atoms with Crippen molar-refractivity contribution < 1.29 is 0 Å². The Morgan fingerprint density at radius 3 is 2.12 bits per heavy atom.